The first-order valence-corrected chi connectivity index (χ1v) is 10.8. The summed E-state index contributed by atoms with van der Waals surface area (Å²) in [5, 5.41) is 14.7. The summed E-state index contributed by atoms with van der Waals surface area (Å²) >= 11 is 0. The van der Waals surface area contributed by atoms with E-state index in [1.54, 1.807) is 6.07 Å². The number of likely N-dealkylation sites (tertiary alicyclic amines) is 1. The Balaban J connectivity index is 1.64. The number of nitrogens with one attached hydrogen (secondary N) is 1. The van der Waals surface area contributed by atoms with Crippen molar-refractivity contribution in [3.63, 3.8) is 0 Å². The quantitative estimate of drug-likeness (QED) is 0.298. The number of carbonyl (C=O) groups excluding carboxylic acids is 1. The maximum atomic E-state index is 11.8. The molecule has 2 heterocycles. The Morgan fingerprint density at radius 3 is 2.61 bits per heavy atom. The number of nitrogens with zero attached hydrogens (tertiary/aromatic N) is 2. The average Bonchev–Trinajstić information content (AvgIpc) is 2.82. The molecule has 31 heavy (non-hydrogen) atoms. The number of nitro benzene ring substituents is 1. The molecule has 0 bridgehead atoms. The van der Waals surface area contributed by atoms with E-state index in [9.17, 15) is 14.9 Å². The van der Waals surface area contributed by atoms with Crippen LogP contribution in [-0.2, 0) is 9.53 Å². The standard InChI is InChI=1S/C24H27N3O4/c28-17-22-20-11-10-19(27(29)30)16-21(20)24(23(25-22)18-8-3-1-4-9-18)31-15-7-14-26-12-5-2-6-13-26/h1,3-4,8-11,16-17,22,25H,2,5-7,12-15H2. The van der Waals surface area contributed by atoms with Crippen LogP contribution in [0.3, 0.4) is 0 Å². The zero-order chi connectivity index (χ0) is 21.6. The van der Waals surface area contributed by atoms with Gasteiger partial charge in [0.2, 0.25) is 0 Å². The number of aldehydes is 1. The molecule has 0 radical (unpaired) electrons. The smallest absolute Gasteiger partial charge is 0.270 e. The van der Waals surface area contributed by atoms with Gasteiger partial charge in [-0.05, 0) is 44.0 Å². The summed E-state index contributed by atoms with van der Waals surface area (Å²) in [4.78, 5) is 25.2. The summed E-state index contributed by atoms with van der Waals surface area (Å²) in [6.45, 7) is 3.74. The molecule has 1 saturated heterocycles. The molecule has 0 saturated carbocycles. The molecule has 7 nitrogen and oxygen atoms in total. The maximum absolute atomic E-state index is 11.8. The molecular weight excluding hydrogens is 394 g/mol. The fraction of sp³-hybridized carbons (Fsp3) is 0.375. The van der Waals surface area contributed by atoms with Gasteiger partial charge in [0, 0.05) is 29.8 Å². The highest BCUT2D eigenvalue weighted by atomic mass is 16.6. The number of rotatable bonds is 8. The average molecular weight is 421 g/mol. The predicted molar refractivity (Wildman–Crippen MR) is 119 cm³/mol. The van der Waals surface area contributed by atoms with Crippen LogP contribution in [0.4, 0.5) is 5.69 Å². The first-order valence-electron chi connectivity index (χ1n) is 10.8. The van der Waals surface area contributed by atoms with Gasteiger partial charge in [0.05, 0.1) is 17.2 Å². The molecule has 0 aromatic heterocycles. The number of piperidine rings is 1. The highest BCUT2D eigenvalue weighted by Gasteiger charge is 2.29. The predicted octanol–water partition coefficient (Wildman–Crippen LogP) is 4.16. The molecule has 162 valence electrons. The molecule has 1 unspecified atom stereocenters. The van der Waals surface area contributed by atoms with Crippen LogP contribution >= 0.6 is 0 Å². The summed E-state index contributed by atoms with van der Waals surface area (Å²) in [5.41, 5.74) is 2.82. The van der Waals surface area contributed by atoms with Crippen molar-refractivity contribution >= 4 is 23.4 Å². The van der Waals surface area contributed by atoms with Crippen LogP contribution in [0.5, 0.6) is 0 Å². The van der Waals surface area contributed by atoms with Gasteiger partial charge in [-0.3, -0.25) is 10.1 Å². The summed E-state index contributed by atoms with van der Waals surface area (Å²) in [6, 6.07) is 13.6. The lowest BCUT2D eigenvalue weighted by Crippen LogP contribution is -2.31. The molecule has 2 aromatic rings. The second kappa shape index (κ2) is 9.75. The van der Waals surface area contributed by atoms with Crippen LogP contribution in [0, 0.1) is 10.1 Å². The number of ether oxygens (including phenoxy) is 1. The highest BCUT2D eigenvalue weighted by molar-refractivity contribution is 5.92. The van der Waals surface area contributed by atoms with Crippen molar-refractivity contribution in [3.05, 3.63) is 75.3 Å². The zero-order valence-corrected chi connectivity index (χ0v) is 17.5. The van der Waals surface area contributed by atoms with E-state index in [1.807, 2.05) is 30.3 Å². The molecule has 2 aromatic carbocycles. The molecule has 1 N–H and O–H groups in total. The van der Waals surface area contributed by atoms with Gasteiger partial charge in [-0.15, -0.1) is 0 Å². The van der Waals surface area contributed by atoms with Gasteiger partial charge in [0.1, 0.15) is 12.3 Å². The Morgan fingerprint density at radius 1 is 1.13 bits per heavy atom. The second-order valence-corrected chi connectivity index (χ2v) is 7.96. The van der Waals surface area contributed by atoms with Crippen molar-refractivity contribution < 1.29 is 14.5 Å². The van der Waals surface area contributed by atoms with Crippen molar-refractivity contribution in [1.82, 2.24) is 10.2 Å². The molecule has 1 atom stereocenters. The Kier molecular flexibility index (Phi) is 6.62. The molecule has 7 heteroatoms. The normalized spacial score (nSPS) is 18.8. The molecule has 2 aliphatic heterocycles. The van der Waals surface area contributed by atoms with E-state index in [0.717, 1.165) is 37.9 Å². The van der Waals surface area contributed by atoms with Gasteiger partial charge in [0.25, 0.3) is 5.69 Å². The molecule has 0 aliphatic carbocycles. The molecular formula is C24H27N3O4. The van der Waals surface area contributed by atoms with E-state index < -0.39 is 11.0 Å². The van der Waals surface area contributed by atoms with Crippen molar-refractivity contribution in [2.75, 3.05) is 26.2 Å². The number of hydrogen-bond acceptors (Lipinski definition) is 6. The molecule has 1 fully saturated rings. The van der Waals surface area contributed by atoms with Gasteiger partial charge >= 0.3 is 0 Å². The summed E-state index contributed by atoms with van der Waals surface area (Å²) in [6.07, 6.45) is 5.49. The van der Waals surface area contributed by atoms with Gasteiger partial charge in [0.15, 0.2) is 5.76 Å². The number of carbonyl (C=O) groups is 1. The largest absolute Gasteiger partial charge is 0.491 e. The van der Waals surface area contributed by atoms with Gasteiger partial charge < -0.3 is 19.7 Å². The first kappa shape index (κ1) is 21.1. The lowest BCUT2D eigenvalue weighted by molar-refractivity contribution is -0.384. The van der Waals surface area contributed by atoms with E-state index in [-0.39, 0.29) is 5.69 Å². The van der Waals surface area contributed by atoms with Gasteiger partial charge in [-0.25, -0.2) is 0 Å². The lowest BCUT2D eigenvalue weighted by atomic mass is 9.92. The number of non-ortho nitro benzene ring substituents is 1. The van der Waals surface area contributed by atoms with Crippen LogP contribution in [0.2, 0.25) is 0 Å². The van der Waals surface area contributed by atoms with E-state index in [0.29, 0.717) is 29.2 Å². The Morgan fingerprint density at radius 2 is 1.90 bits per heavy atom. The van der Waals surface area contributed by atoms with Crippen molar-refractivity contribution in [2.45, 2.75) is 31.7 Å². The fourth-order valence-corrected chi connectivity index (χ4v) is 4.28. The van der Waals surface area contributed by atoms with Crippen LogP contribution in [0.25, 0.3) is 11.5 Å². The first-order chi connectivity index (χ1) is 15.2. The molecule has 2 aliphatic rings. The van der Waals surface area contributed by atoms with E-state index in [4.69, 9.17) is 4.74 Å². The third kappa shape index (κ3) is 4.77. The minimum absolute atomic E-state index is 0.0212. The Bertz CT molecular complexity index is 968. The summed E-state index contributed by atoms with van der Waals surface area (Å²) in [5.74, 6) is 0.557. The highest BCUT2D eigenvalue weighted by Crippen LogP contribution is 2.38. The van der Waals surface area contributed by atoms with Crippen LogP contribution in [0.15, 0.2) is 48.5 Å². The van der Waals surface area contributed by atoms with Crippen molar-refractivity contribution in [3.8, 4) is 0 Å². The summed E-state index contributed by atoms with van der Waals surface area (Å²) in [7, 11) is 0. The van der Waals surface area contributed by atoms with Crippen LogP contribution in [-0.4, -0.2) is 42.4 Å². The number of benzene rings is 2. The Hall–Kier alpha value is -3.19. The topological polar surface area (TPSA) is 84.7 Å². The third-order valence-electron chi connectivity index (χ3n) is 5.87. The SMILES string of the molecule is O=CC1NC(c2ccccc2)=C(OCCCN2CCCCC2)c2cc([N+](=O)[O-])ccc21. The number of hydrogen-bond donors (Lipinski definition) is 1. The number of nitro groups is 1. The maximum Gasteiger partial charge on any atom is 0.270 e. The monoisotopic (exact) mass is 421 g/mol. The van der Waals surface area contributed by atoms with E-state index >= 15 is 0 Å². The van der Waals surface area contributed by atoms with E-state index in [1.165, 1.54) is 31.4 Å². The zero-order valence-electron chi connectivity index (χ0n) is 17.5. The van der Waals surface area contributed by atoms with Crippen molar-refractivity contribution in [2.24, 2.45) is 0 Å². The summed E-state index contributed by atoms with van der Waals surface area (Å²) < 4.78 is 6.25. The minimum atomic E-state index is -0.591. The van der Waals surface area contributed by atoms with Crippen LogP contribution in [0.1, 0.15) is 48.4 Å². The molecule has 4 rings (SSSR count). The van der Waals surface area contributed by atoms with E-state index in [2.05, 4.69) is 10.2 Å². The molecule has 0 amide bonds. The fourth-order valence-electron chi connectivity index (χ4n) is 4.28. The van der Waals surface area contributed by atoms with Gasteiger partial charge in [-0.1, -0.05) is 36.8 Å². The third-order valence-corrected chi connectivity index (χ3v) is 5.87. The number of fused-ring (bicyclic) bond motifs is 1. The minimum Gasteiger partial charge on any atom is -0.491 e. The second-order valence-electron chi connectivity index (χ2n) is 7.96. The lowest BCUT2D eigenvalue weighted by Gasteiger charge is -2.30. The van der Waals surface area contributed by atoms with Gasteiger partial charge in [-0.2, -0.15) is 0 Å². The van der Waals surface area contributed by atoms with Crippen LogP contribution < -0.4 is 5.32 Å². The Labute approximate surface area is 181 Å². The molecule has 0 spiro atoms. The van der Waals surface area contributed by atoms with Crippen molar-refractivity contribution in [1.29, 1.82) is 0 Å².